The van der Waals surface area contributed by atoms with Crippen molar-refractivity contribution in [3.63, 3.8) is 0 Å². The lowest BCUT2D eigenvalue weighted by Crippen LogP contribution is -2.37. The molecule has 4 rings (SSSR count). The first-order valence-electron chi connectivity index (χ1n) is 14.8. The van der Waals surface area contributed by atoms with Crippen LogP contribution in [0.3, 0.4) is 0 Å². The quantitative estimate of drug-likeness (QED) is 0.153. The summed E-state index contributed by atoms with van der Waals surface area (Å²) in [5, 5.41) is 21.2. The predicted octanol–water partition coefficient (Wildman–Crippen LogP) is 5.77. The van der Waals surface area contributed by atoms with Gasteiger partial charge in [0.05, 0.1) is 18.8 Å². The van der Waals surface area contributed by atoms with Crippen LogP contribution in [0.15, 0.2) is 85.5 Å². The third kappa shape index (κ3) is 9.86. The van der Waals surface area contributed by atoms with Crippen LogP contribution in [0.25, 0.3) is 11.1 Å². The molecule has 1 fully saturated rings. The standard InChI is InChI=1S/C35H42N2O6/c1-3-18-37(2)23-31-21-32(27-16-14-25(24-38)15-17-27)43-35(42-31)30-11-7-10-29(20-30)28-9-6-8-26(19-28)22-36-33(39)12-4-5-13-34(40)41/h3,6-11,14-17,19-20,31-32,35,38H,1,4-5,12-13,18,21-24H2,2H3,(H,36,39)(H,40,41). The normalized spacial score (nSPS) is 18.3. The van der Waals surface area contributed by atoms with Crippen LogP contribution < -0.4 is 5.32 Å². The van der Waals surface area contributed by atoms with Gasteiger partial charge in [-0.2, -0.15) is 0 Å². The molecule has 43 heavy (non-hydrogen) atoms. The molecule has 3 unspecified atom stereocenters. The zero-order valence-corrected chi connectivity index (χ0v) is 24.8. The lowest BCUT2D eigenvalue weighted by Gasteiger charge is -2.37. The van der Waals surface area contributed by atoms with E-state index >= 15 is 0 Å². The third-order valence-electron chi connectivity index (χ3n) is 7.52. The van der Waals surface area contributed by atoms with Gasteiger partial charge in [-0.1, -0.05) is 66.7 Å². The van der Waals surface area contributed by atoms with Crippen molar-refractivity contribution < 1.29 is 29.3 Å². The molecule has 3 N–H and O–H groups in total. The maximum absolute atomic E-state index is 12.2. The Hall–Kier alpha value is -3.82. The van der Waals surface area contributed by atoms with Gasteiger partial charge in [0, 0.05) is 44.5 Å². The fourth-order valence-corrected chi connectivity index (χ4v) is 5.25. The number of aliphatic hydroxyl groups excluding tert-OH is 1. The van der Waals surface area contributed by atoms with E-state index in [0.717, 1.165) is 46.5 Å². The van der Waals surface area contributed by atoms with Crippen LogP contribution in [0.1, 0.15) is 66.8 Å². The number of amides is 1. The predicted molar refractivity (Wildman–Crippen MR) is 166 cm³/mol. The van der Waals surface area contributed by atoms with Crippen molar-refractivity contribution in [2.75, 3.05) is 20.1 Å². The summed E-state index contributed by atoms with van der Waals surface area (Å²) in [7, 11) is 2.05. The first kappa shape index (κ1) is 32.1. The highest BCUT2D eigenvalue weighted by Gasteiger charge is 2.32. The maximum atomic E-state index is 12.2. The number of nitrogens with one attached hydrogen (secondary N) is 1. The SMILES string of the molecule is C=CCN(C)CC1CC(c2ccc(CO)cc2)OC(c2cccc(-c3cccc(CNC(=O)CCCCC(=O)O)c3)c2)O1. The van der Waals surface area contributed by atoms with E-state index in [-0.39, 0.29) is 31.1 Å². The number of benzene rings is 3. The summed E-state index contributed by atoms with van der Waals surface area (Å²) in [6.07, 6.45) is 3.27. The number of ether oxygens (including phenoxy) is 2. The first-order valence-corrected chi connectivity index (χ1v) is 14.8. The number of carbonyl (C=O) groups is 2. The topological polar surface area (TPSA) is 108 Å². The molecule has 1 saturated heterocycles. The van der Waals surface area contributed by atoms with Crippen LogP contribution in [-0.4, -0.2) is 53.2 Å². The molecule has 3 atom stereocenters. The highest BCUT2D eigenvalue weighted by atomic mass is 16.7. The van der Waals surface area contributed by atoms with Crippen LogP contribution in [0, 0.1) is 0 Å². The van der Waals surface area contributed by atoms with Crippen LogP contribution in [0.2, 0.25) is 0 Å². The Kier molecular flexibility index (Phi) is 12.1. The molecule has 0 spiro atoms. The first-order chi connectivity index (χ1) is 20.8. The largest absolute Gasteiger partial charge is 0.481 e. The monoisotopic (exact) mass is 586 g/mol. The van der Waals surface area contributed by atoms with Gasteiger partial charge in [-0.05, 0) is 59.8 Å². The number of aliphatic carboxylic acids is 1. The molecule has 3 aromatic carbocycles. The van der Waals surface area contributed by atoms with Crippen molar-refractivity contribution in [1.82, 2.24) is 10.2 Å². The minimum Gasteiger partial charge on any atom is -0.481 e. The Labute approximate surface area is 254 Å². The van der Waals surface area contributed by atoms with E-state index in [1.165, 1.54) is 0 Å². The van der Waals surface area contributed by atoms with E-state index in [2.05, 4.69) is 36.0 Å². The fraction of sp³-hybridized carbons (Fsp3) is 0.371. The lowest BCUT2D eigenvalue weighted by molar-refractivity contribution is -0.252. The average molecular weight is 587 g/mol. The molecule has 0 aliphatic carbocycles. The third-order valence-corrected chi connectivity index (χ3v) is 7.52. The second-order valence-corrected chi connectivity index (χ2v) is 11.1. The summed E-state index contributed by atoms with van der Waals surface area (Å²) < 4.78 is 13.0. The molecule has 1 aliphatic heterocycles. The molecule has 0 saturated carbocycles. The number of carbonyl (C=O) groups excluding carboxylic acids is 1. The number of likely N-dealkylation sites (N-methyl/N-ethyl adjacent to an activating group) is 1. The molecular formula is C35H42N2O6. The molecule has 8 nitrogen and oxygen atoms in total. The highest BCUT2D eigenvalue weighted by molar-refractivity contribution is 5.76. The number of carboxylic acid groups (broad SMARTS) is 1. The number of hydrogen-bond acceptors (Lipinski definition) is 6. The van der Waals surface area contributed by atoms with Gasteiger partial charge in [0.2, 0.25) is 5.91 Å². The summed E-state index contributed by atoms with van der Waals surface area (Å²) in [6.45, 7) is 5.76. The minimum atomic E-state index is -0.841. The Balaban J connectivity index is 1.46. The van der Waals surface area contributed by atoms with E-state index in [4.69, 9.17) is 14.6 Å². The number of hydrogen-bond donors (Lipinski definition) is 3. The van der Waals surface area contributed by atoms with Crippen LogP contribution in [0.5, 0.6) is 0 Å². The molecular weight excluding hydrogens is 544 g/mol. The number of carboxylic acids is 1. The second kappa shape index (κ2) is 16.1. The van der Waals surface area contributed by atoms with Gasteiger partial charge in [0.15, 0.2) is 6.29 Å². The van der Waals surface area contributed by atoms with E-state index in [1.54, 1.807) is 0 Å². The van der Waals surface area contributed by atoms with E-state index in [0.29, 0.717) is 32.2 Å². The molecule has 3 aromatic rings. The Bertz CT molecular complexity index is 1360. The van der Waals surface area contributed by atoms with Crippen molar-refractivity contribution in [3.8, 4) is 11.1 Å². The lowest BCUT2D eigenvalue weighted by atomic mass is 9.98. The van der Waals surface area contributed by atoms with Gasteiger partial charge in [0.25, 0.3) is 0 Å². The zero-order valence-electron chi connectivity index (χ0n) is 24.8. The number of nitrogens with zero attached hydrogens (tertiary/aromatic N) is 1. The summed E-state index contributed by atoms with van der Waals surface area (Å²) in [5.41, 5.74) is 5.84. The van der Waals surface area contributed by atoms with E-state index < -0.39 is 12.3 Å². The molecule has 1 heterocycles. The van der Waals surface area contributed by atoms with Gasteiger partial charge in [-0.15, -0.1) is 6.58 Å². The number of rotatable bonds is 15. The fourth-order valence-electron chi connectivity index (χ4n) is 5.25. The molecule has 1 aliphatic rings. The van der Waals surface area contributed by atoms with Crippen LogP contribution in [0.4, 0.5) is 0 Å². The second-order valence-electron chi connectivity index (χ2n) is 11.1. The van der Waals surface area contributed by atoms with Gasteiger partial charge < -0.3 is 29.9 Å². The summed E-state index contributed by atoms with van der Waals surface area (Å²) in [5.74, 6) is -0.926. The van der Waals surface area contributed by atoms with Gasteiger partial charge in [-0.25, -0.2) is 0 Å². The van der Waals surface area contributed by atoms with E-state index in [9.17, 15) is 14.7 Å². The molecule has 0 radical (unpaired) electrons. The molecule has 228 valence electrons. The van der Waals surface area contributed by atoms with Crippen molar-refractivity contribution >= 4 is 11.9 Å². The van der Waals surface area contributed by atoms with Crippen molar-refractivity contribution in [1.29, 1.82) is 0 Å². The van der Waals surface area contributed by atoms with Gasteiger partial charge >= 0.3 is 5.97 Å². The number of unbranched alkanes of at least 4 members (excludes halogenated alkanes) is 1. The van der Waals surface area contributed by atoms with Gasteiger partial charge in [0.1, 0.15) is 0 Å². The van der Waals surface area contributed by atoms with Crippen molar-refractivity contribution in [2.24, 2.45) is 0 Å². The Morgan fingerprint density at radius 2 is 1.67 bits per heavy atom. The van der Waals surface area contributed by atoms with Gasteiger partial charge in [-0.3, -0.25) is 9.59 Å². The molecule has 0 aromatic heterocycles. The van der Waals surface area contributed by atoms with Crippen molar-refractivity contribution in [2.45, 2.75) is 63.8 Å². The maximum Gasteiger partial charge on any atom is 0.303 e. The van der Waals surface area contributed by atoms with Crippen LogP contribution in [-0.2, 0) is 32.2 Å². The highest BCUT2D eigenvalue weighted by Crippen LogP contribution is 2.39. The Morgan fingerprint density at radius 1 is 0.953 bits per heavy atom. The van der Waals surface area contributed by atoms with Crippen LogP contribution >= 0.6 is 0 Å². The average Bonchev–Trinajstić information content (AvgIpc) is 3.02. The Morgan fingerprint density at radius 3 is 2.40 bits per heavy atom. The summed E-state index contributed by atoms with van der Waals surface area (Å²) in [4.78, 5) is 25.1. The molecule has 1 amide bonds. The minimum absolute atomic E-state index is 0.00146. The van der Waals surface area contributed by atoms with E-state index in [1.807, 2.05) is 66.7 Å². The summed E-state index contributed by atoms with van der Waals surface area (Å²) >= 11 is 0. The smallest absolute Gasteiger partial charge is 0.303 e. The van der Waals surface area contributed by atoms with Crippen molar-refractivity contribution in [3.05, 3.63) is 108 Å². The molecule has 8 heteroatoms. The molecule has 0 bridgehead atoms. The summed E-state index contributed by atoms with van der Waals surface area (Å²) in [6, 6.07) is 24.1. The number of aliphatic hydroxyl groups is 1. The zero-order chi connectivity index (χ0) is 30.6.